The fourth-order valence-corrected chi connectivity index (χ4v) is 15.4. The monoisotopic (exact) mass is 935 g/mol. The Morgan fingerprint density at radius 3 is 1.78 bits per heavy atom. The lowest BCUT2D eigenvalue weighted by Gasteiger charge is -2.35. The number of hydrogen-bond donors (Lipinski definition) is 0. The molecular weight excluding hydrogens is 831 g/mol. The Bertz CT molecular complexity index is 1090. The van der Waals surface area contributed by atoms with Gasteiger partial charge in [-0.3, -0.25) is 0 Å². The van der Waals surface area contributed by atoms with Gasteiger partial charge in [0.2, 0.25) is 0 Å². The van der Waals surface area contributed by atoms with Crippen LogP contribution in [0.2, 0.25) is 0 Å². The van der Waals surface area contributed by atoms with Crippen molar-refractivity contribution in [2.75, 3.05) is 0 Å². The van der Waals surface area contributed by atoms with Crippen LogP contribution in [0.5, 0.6) is 0 Å². The zero-order chi connectivity index (χ0) is 42.4. The summed E-state index contributed by atoms with van der Waals surface area (Å²) in [6, 6.07) is 0. The van der Waals surface area contributed by atoms with Crippen LogP contribution in [0, 0.1) is 82.3 Å². The van der Waals surface area contributed by atoms with Crippen LogP contribution in [-0.2, 0) is 0 Å². The van der Waals surface area contributed by atoms with Crippen molar-refractivity contribution in [3.05, 3.63) is 0 Å². The van der Waals surface area contributed by atoms with Crippen molar-refractivity contribution in [1.82, 2.24) is 0 Å². The highest BCUT2D eigenvalue weighted by molar-refractivity contribution is 14.1. The molecule has 0 bridgehead atoms. The maximum absolute atomic E-state index is 14.8. The van der Waals surface area contributed by atoms with E-state index in [2.05, 4.69) is 64.1 Å². The van der Waals surface area contributed by atoms with E-state index in [-0.39, 0.29) is 0 Å². The minimum atomic E-state index is -1.03. The second kappa shape index (κ2) is 25.4. The molecule has 0 aliphatic heterocycles. The highest BCUT2D eigenvalue weighted by Crippen LogP contribution is 2.61. The summed E-state index contributed by atoms with van der Waals surface area (Å²) in [5.74, 6) is 12.0. The van der Waals surface area contributed by atoms with Crippen LogP contribution in [0.3, 0.4) is 0 Å². The number of alkyl halides is 2. The molecule has 346 valence electrons. The second-order valence-electron chi connectivity index (χ2n) is 24.9. The van der Waals surface area contributed by atoms with E-state index in [1.54, 1.807) is 19.3 Å². The van der Waals surface area contributed by atoms with Gasteiger partial charge in [0, 0.05) is 3.92 Å². The number of halogens is 2. The predicted octanol–water partition coefficient (Wildman–Crippen LogP) is 19.6. The van der Waals surface area contributed by atoms with Gasteiger partial charge in [-0.05, 0) is 193 Å². The predicted molar refractivity (Wildman–Crippen MR) is 267 cm³/mol. The van der Waals surface area contributed by atoms with E-state index in [1.807, 2.05) is 13.8 Å². The van der Waals surface area contributed by atoms with Gasteiger partial charge in [-0.15, -0.1) is 0 Å². The van der Waals surface area contributed by atoms with E-state index in [1.165, 1.54) is 180 Å². The van der Waals surface area contributed by atoms with Gasteiger partial charge in [0.25, 0.3) is 0 Å². The summed E-state index contributed by atoms with van der Waals surface area (Å²) >= 11 is 2.70. The molecule has 0 radical (unpaired) electrons. The van der Waals surface area contributed by atoms with Crippen LogP contribution in [-0.4, -0.2) is 9.59 Å². The fraction of sp³-hybridized carbons (Fsp3) is 1.00. The summed E-state index contributed by atoms with van der Waals surface area (Å²) in [4.78, 5) is 0. The quantitative estimate of drug-likeness (QED) is 0.0599. The lowest BCUT2D eigenvalue weighted by atomic mass is 9.71. The van der Waals surface area contributed by atoms with Crippen LogP contribution < -0.4 is 0 Å². The van der Waals surface area contributed by atoms with Crippen molar-refractivity contribution in [2.24, 2.45) is 82.3 Å². The topological polar surface area (TPSA) is 0 Å². The first-order valence-electron chi connectivity index (χ1n) is 27.5. The standard InChI is InChI=1S/C57H104FI/c1-9-44(4)53(17-13-14-45(5)46(6)39-50-22-24-51(25-23-50)40-48-15-11-10-12-16-48)27-26-47-18-20-49(21-19-47)36-42(2)37-52(32-33-56(7,8)58)38-43(3)41-57(34-35-57)54-28-30-55(59)31-29-54/h42-55H,9-41H2,1-8H3/t42-,43?,44+,45?,46-,47-,49+,50?,51?,52?,53?,54?,55?/m1/s1. The van der Waals surface area contributed by atoms with Gasteiger partial charge in [0.15, 0.2) is 0 Å². The molecular formula is C57H104FI. The van der Waals surface area contributed by atoms with Gasteiger partial charge < -0.3 is 0 Å². The molecule has 0 spiro atoms. The van der Waals surface area contributed by atoms with E-state index in [9.17, 15) is 4.39 Å². The zero-order valence-corrected chi connectivity index (χ0v) is 43.3. The third-order valence-corrected chi connectivity index (χ3v) is 20.4. The van der Waals surface area contributed by atoms with Crippen molar-refractivity contribution < 1.29 is 4.39 Å². The number of hydrogen-bond acceptors (Lipinski definition) is 0. The molecule has 5 aliphatic rings. The lowest BCUT2D eigenvalue weighted by molar-refractivity contribution is 0.151. The molecule has 0 amide bonds. The van der Waals surface area contributed by atoms with E-state index in [0.29, 0.717) is 11.3 Å². The molecule has 0 N–H and O–H groups in total. The van der Waals surface area contributed by atoms with Gasteiger partial charge in [-0.1, -0.05) is 180 Å². The largest absolute Gasteiger partial charge is 0.245 e. The lowest BCUT2D eigenvalue weighted by Crippen LogP contribution is -2.25. The summed E-state index contributed by atoms with van der Waals surface area (Å²) in [6.45, 7) is 19.0. The Labute approximate surface area is 384 Å². The minimum Gasteiger partial charge on any atom is -0.245 e. The van der Waals surface area contributed by atoms with Gasteiger partial charge in [0.1, 0.15) is 5.67 Å². The molecule has 0 aromatic carbocycles. The molecule has 59 heavy (non-hydrogen) atoms. The Morgan fingerprint density at radius 2 is 1.17 bits per heavy atom. The third-order valence-electron chi connectivity index (χ3n) is 19.2. The molecule has 4 unspecified atom stereocenters. The molecule has 0 aromatic heterocycles. The van der Waals surface area contributed by atoms with Crippen LogP contribution in [0.4, 0.5) is 4.39 Å². The molecule has 7 atom stereocenters. The fourth-order valence-electron chi connectivity index (χ4n) is 14.7. The maximum atomic E-state index is 14.8. The molecule has 5 saturated carbocycles. The van der Waals surface area contributed by atoms with Gasteiger partial charge in [0.05, 0.1) is 0 Å². The SMILES string of the molecule is CC[C@H](C)C(CCCC(C)[C@H](C)CC1CCC(CC2CCCCC2)CC1)CC[C@H]1CC[C@@H](C[C@@H](C)CC(CCC(C)(C)F)CC(C)CC2(C3CCC(I)CC3)CC2)CC1. The summed E-state index contributed by atoms with van der Waals surface area (Å²) in [5, 5.41) is 0. The smallest absolute Gasteiger partial charge is 0.105 e. The van der Waals surface area contributed by atoms with E-state index in [0.717, 1.165) is 87.8 Å². The van der Waals surface area contributed by atoms with Crippen molar-refractivity contribution in [2.45, 2.75) is 277 Å². The summed E-state index contributed by atoms with van der Waals surface area (Å²) < 4.78 is 15.7. The van der Waals surface area contributed by atoms with Crippen molar-refractivity contribution >= 4 is 22.6 Å². The highest BCUT2D eigenvalue weighted by atomic mass is 127. The highest BCUT2D eigenvalue weighted by Gasteiger charge is 2.50. The van der Waals surface area contributed by atoms with Crippen molar-refractivity contribution in [3.63, 3.8) is 0 Å². The average Bonchev–Trinajstić information content (AvgIpc) is 3.99. The average molecular weight is 935 g/mol. The molecule has 0 saturated heterocycles. The normalized spacial score (nSPS) is 31.8. The van der Waals surface area contributed by atoms with Crippen molar-refractivity contribution in [3.8, 4) is 0 Å². The molecule has 0 nitrogen and oxygen atoms in total. The summed E-state index contributed by atoms with van der Waals surface area (Å²) in [7, 11) is 0. The minimum absolute atomic E-state index is 0.683. The Balaban J connectivity index is 0.965. The number of rotatable bonds is 26. The van der Waals surface area contributed by atoms with Crippen molar-refractivity contribution in [1.29, 1.82) is 0 Å². The maximum Gasteiger partial charge on any atom is 0.105 e. The van der Waals surface area contributed by atoms with Crippen LogP contribution >= 0.6 is 22.6 Å². The molecule has 0 heterocycles. The summed E-state index contributed by atoms with van der Waals surface area (Å²) in [6.07, 6.45) is 47.7. The molecule has 5 aliphatic carbocycles. The first kappa shape index (κ1) is 50.7. The second-order valence-corrected chi connectivity index (χ2v) is 26.7. The molecule has 2 heteroatoms. The first-order chi connectivity index (χ1) is 28.2. The Hall–Kier alpha value is 0.660. The van der Waals surface area contributed by atoms with Gasteiger partial charge in [-0.2, -0.15) is 0 Å². The summed E-state index contributed by atoms with van der Waals surface area (Å²) in [5.41, 5.74) is -0.349. The Kier molecular flexibility index (Phi) is 21.8. The molecule has 5 fully saturated rings. The molecule has 0 aromatic rings. The van der Waals surface area contributed by atoms with Gasteiger partial charge >= 0.3 is 0 Å². The zero-order valence-electron chi connectivity index (χ0n) is 41.2. The van der Waals surface area contributed by atoms with Gasteiger partial charge in [-0.25, -0.2) is 4.39 Å². The van der Waals surface area contributed by atoms with Crippen LogP contribution in [0.25, 0.3) is 0 Å². The molecule has 5 rings (SSSR count). The third kappa shape index (κ3) is 18.2. The van der Waals surface area contributed by atoms with E-state index >= 15 is 0 Å². The van der Waals surface area contributed by atoms with E-state index < -0.39 is 5.67 Å². The Morgan fingerprint density at radius 1 is 0.593 bits per heavy atom. The van der Waals surface area contributed by atoms with Crippen LogP contribution in [0.1, 0.15) is 267 Å². The first-order valence-corrected chi connectivity index (χ1v) is 28.8. The van der Waals surface area contributed by atoms with Crippen LogP contribution in [0.15, 0.2) is 0 Å². The van der Waals surface area contributed by atoms with E-state index in [4.69, 9.17) is 0 Å².